The minimum atomic E-state index is 0.113. The van der Waals surface area contributed by atoms with E-state index in [1.807, 2.05) is 12.1 Å². The van der Waals surface area contributed by atoms with Crippen molar-refractivity contribution in [2.75, 3.05) is 11.1 Å². The number of aromatic nitrogens is 5. The van der Waals surface area contributed by atoms with E-state index in [9.17, 15) is 0 Å². The Morgan fingerprint density at radius 3 is 2.60 bits per heavy atom. The molecule has 0 bridgehead atoms. The van der Waals surface area contributed by atoms with Crippen molar-refractivity contribution in [3.63, 3.8) is 0 Å². The van der Waals surface area contributed by atoms with E-state index in [-0.39, 0.29) is 5.95 Å². The molecule has 3 aromatic rings. The van der Waals surface area contributed by atoms with E-state index in [0.717, 1.165) is 5.69 Å². The third-order valence-electron chi connectivity index (χ3n) is 2.45. The second-order valence-electron chi connectivity index (χ2n) is 3.90. The van der Waals surface area contributed by atoms with Crippen LogP contribution in [0, 0.1) is 0 Å². The molecule has 3 rings (SSSR count). The summed E-state index contributed by atoms with van der Waals surface area (Å²) in [7, 11) is 0. The van der Waals surface area contributed by atoms with Crippen LogP contribution in [0.4, 0.5) is 17.6 Å². The zero-order valence-electron chi connectivity index (χ0n) is 10.2. The van der Waals surface area contributed by atoms with Crippen LogP contribution in [-0.2, 0) is 0 Å². The van der Waals surface area contributed by atoms with Gasteiger partial charge in [0.05, 0.1) is 0 Å². The first-order chi connectivity index (χ1) is 9.70. The molecule has 8 heteroatoms. The van der Waals surface area contributed by atoms with Crippen LogP contribution in [-0.4, -0.2) is 24.7 Å². The molecule has 0 radical (unpaired) electrons. The van der Waals surface area contributed by atoms with Crippen LogP contribution >= 0.6 is 11.6 Å². The van der Waals surface area contributed by atoms with Gasteiger partial charge in [0.25, 0.3) is 5.95 Å². The Morgan fingerprint density at radius 2 is 1.90 bits per heavy atom. The molecule has 0 amide bonds. The molecule has 0 aliphatic heterocycles. The van der Waals surface area contributed by atoms with Crippen molar-refractivity contribution in [3.8, 4) is 5.95 Å². The first-order valence-corrected chi connectivity index (χ1v) is 6.13. The zero-order valence-corrected chi connectivity index (χ0v) is 11.0. The number of hydrogen-bond donors (Lipinski definition) is 2. The smallest absolute Gasteiger partial charge is 0.257 e. The number of nitrogen functional groups attached to an aromatic ring is 1. The van der Waals surface area contributed by atoms with E-state index in [4.69, 9.17) is 17.3 Å². The lowest BCUT2D eigenvalue weighted by Crippen LogP contribution is -2.09. The minimum Gasteiger partial charge on any atom is -0.368 e. The van der Waals surface area contributed by atoms with Gasteiger partial charge in [-0.3, -0.25) is 0 Å². The minimum absolute atomic E-state index is 0.113. The van der Waals surface area contributed by atoms with Crippen LogP contribution in [0.2, 0.25) is 5.02 Å². The first-order valence-electron chi connectivity index (χ1n) is 5.75. The molecule has 0 spiro atoms. The lowest BCUT2D eigenvalue weighted by Gasteiger charge is -2.07. The van der Waals surface area contributed by atoms with Gasteiger partial charge in [0.1, 0.15) is 0 Å². The number of benzene rings is 1. The number of hydrogen-bond acceptors (Lipinski definition) is 6. The molecule has 0 saturated carbocycles. The Bertz CT molecular complexity index is 709. The van der Waals surface area contributed by atoms with E-state index in [1.54, 1.807) is 30.6 Å². The standard InChI is InChI=1S/C12H10ClN7/c13-8-2-4-9(5-3-8)16-11-17-10(14)18-12(19-11)20-7-1-6-15-20/h1-7H,(H3,14,16,17,18,19). The number of rotatable bonds is 3. The molecule has 0 aliphatic rings. The Kier molecular flexibility index (Phi) is 3.18. The summed E-state index contributed by atoms with van der Waals surface area (Å²) in [6.07, 6.45) is 3.35. The predicted octanol–water partition coefficient (Wildman–Crippen LogP) is 2.04. The van der Waals surface area contributed by atoms with Crippen molar-refractivity contribution in [3.05, 3.63) is 47.7 Å². The van der Waals surface area contributed by atoms with Crippen molar-refractivity contribution >= 4 is 29.2 Å². The largest absolute Gasteiger partial charge is 0.368 e. The highest BCUT2D eigenvalue weighted by Crippen LogP contribution is 2.17. The van der Waals surface area contributed by atoms with Crippen molar-refractivity contribution in [2.45, 2.75) is 0 Å². The SMILES string of the molecule is Nc1nc(Nc2ccc(Cl)cc2)nc(-n2cccn2)n1. The highest BCUT2D eigenvalue weighted by molar-refractivity contribution is 6.30. The lowest BCUT2D eigenvalue weighted by atomic mass is 10.3. The molecular weight excluding hydrogens is 278 g/mol. The third-order valence-corrected chi connectivity index (χ3v) is 2.70. The summed E-state index contributed by atoms with van der Waals surface area (Å²) < 4.78 is 1.51. The molecule has 0 unspecified atom stereocenters. The van der Waals surface area contributed by atoms with Gasteiger partial charge in [-0.2, -0.15) is 20.1 Å². The molecule has 0 saturated heterocycles. The van der Waals surface area contributed by atoms with E-state index in [0.29, 0.717) is 16.9 Å². The van der Waals surface area contributed by atoms with Gasteiger partial charge in [-0.25, -0.2) is 4.68 Å². The summed E-state index contributed by atoms with van der Waals surface area (Å²) in [5.41, 5.74) is 6.48. The van der Waals surface area contributed by atoms with Crippen LogP contribution in [0.25, 0.3) is 5.95 Å². The van der Waals surface area contributed by atoms with Gasteiger partial charge in [0.2, 0.25) is 11.9 Å². The molecule has 20 heavy (non-hydrogen) atoms. The molecule has 0 atom stereocenters. The van der Waals surface area contributed by atoms with Gasteiger partial charge < -0.3 is 11.1 Å². The molecule has 2 aromatic heterocycles. The quantitative estimate of drug-likeness (QED) is 0.765. The van der Waals surface area contributed by atoms with Crippen LogP contribution < -0.4 is 11.1 Å². The third kappa shape index (κ3) is 2.67. The van der Waals surface area contributed by atoms with E-state index >= 15 is 0 Å². The highest BCUT2D eigenvalue weighted by Gasteiger charge is 2.06. The van der Waals surface area contributed by atoms with Crippen molar-refractivity contribution in [2.24, 2.45) is 0 Å². The van der Waals surface area contributed by atoms with Gasteiger partial charge in [-0.05, 0) is 30.3 Å². The van der Waals surface area contributed by atoms with E-state index in [2.05, 4.69) is 25.4 Å². The Morgan fingerprint density at radius 1 is 1.10 bits per heavy atom. The molecule has 0 fully saturated rings. The molecule has 1 aromatic carbocycles. The summed E-state index contributed by atoms with van der Waals surface area (Å²) in [5.74, 6) is 0.797. The summed E-state index contributed by atoms with van der Waals surface area (Å²) in [4.78, 5) is 12.3. The zero-order chi connectivity index (χ0) is 13.9. The monoisotopic (exact) mass is 287 g/mol. The van der Waals surface area contributed by atoms with E-state index in [1.165, 1.54) is 4.68 Å². The fraction of sp³-hybridized carbons (Fsp3) is 0. The average molecular weight is 288 g/mol. The van der Waals surface area contributed by atoms with Crippen molar-refractivity contribution in [1.82, 2.24) is 24.7 Å². The Balaban J connectivity index is 1.92. The van der Waals surface area contributed by atoms with E-state index < -0.39 is 0 Å². The molecule has 2 heterocycles. The Hall–Kier alpha value is -2.67. The fourth-order valence-electron chi connectivity index (χ4n) is 1.59. The predicted molar refractivity (Wildman–Crippen MR) is 76.1 cm³/mol. The van der Waals surface area contributed by atoms with Crippen LogP contribution in [0.3, 0.4) is 0 Å². The summed E-state index contributed by atoms with van der Waals surface area (Å²) in [5, 5.41) is 7.74. The number of nitrogens with zero attached hydrogens (tertiary/aromatic N) is 5. The molecular formula is C12H10ClN7. The highest BCUT2D eigenvalue weighted by atomic mass is 35.5. The maximum absolute atomic E-state index is 5.83. The Labute approximate surface area is 119 Å². The topological polar surface area (TPSA) is 94.5 Å². The molecule has 0 aliphatic carbocycles. The summed E-state index contributed by atoms with van der Waals surface area (Å²) in [6, 6.07) is 8.93. The average Bonchev–Trinajstić information content (AvgIpc) is 2.95. The van der Waals surface area contributed by atoms with Crippen molar-refractivity contribution in [1.29, 1.82) is 0 Å². The van der Waals surface area contributed by atoms with Crippen LogP contribution in [0.1, 0.15) is 0 Å². The van der Waals surface area contributed by atoms with Gasteiger partial charge in [-0.1, -0.05) is 11.6 Å². The fourth-order valence-corrected chi connectivity index (χ4v) is 1.71. The molecule has 3 N–H and O–H groups in total. The molecule has 7 nitrogen and oxygen atoms in total. The molecule has 100 valence electrons. The first kappa shape index (κ1) is 12.4. The number of nitrogens with two attached hydrogens (primary N) is 1. The maximum atomic E-state index is 5.83. The van der Waals surface area contributed by atoms with Gasteiger partial charge >= 0.3 is 0 Å². The van der Waals surface area contributed by atoms with Crippen LogP contribution in [0.15, 0.2) is 42.7 Å². The number of anilines is 3. The normalized spacial score (nSPS) is 10.4. The van der Waals surface area contributed by atoms with Crippen LogP contribution in [0.5, 0.6) is 0 Å². The van der Waals surface area contributed by atoms with Crippen molar-refractivity contribution < 1.29 is 0 Å². The second kappa shape index (κ2) is 5.14. The lowest BCUT2D eigenvalue weighted by molar-refractivity contribution is 0.801. The second-order valence-corrected chi connectivity index (χ2v) is 4.34. The van der Waals surface area contributed by atoms with Gasteiger partial charge in [0, 0.05) is 23.1 Å². The van der Waals surface area contributed by atoms with Gasteiger partial charge in [0.15, 0.2) is 0 Å². The maximum Gasteiger partial charge on any atom is 0.257 e. The number of halogens is 1. The van der Waals surface area contributed by atoms with Gasteiger partial charge in [-0.15, -0.1) is 0 Å². The summed E-state index contributed by atoms with van der Waals surface area (Å²) in [6.45, 7) is 0. The number of nitrogens with one attached hydrogen (secondary N) is 1. The summed E-state index contributed by atoms with van der Waals surface area (Å²) >= 11 is 5.83.